The molecule has 3 aromatic heterocycles. The Labute approximate surface area is 118 Å². The highest BCUT2D eigenvalue weighted by Crippen LogP contribution is 2.19. The summed E-state index contributed by atoms with van der Waals surface area (Å²) in [5.74, 6) is 0.816. The van der Waals surface area contributed by atoms with E-state index in [2.05, 4.69) is 28.9 Å². The number of aromatic nitrogens is 4. The second kappa shape index (κ2) is 4.89. The highest BCUT2D eigenvalue weighted by molar-refractivity contribution is 5.57. The molecule has 3 heterocycles. The van der Waals surface area contributed by atoms with Crippen LogP contribution in [0, 0.1) is 20.8 Å². The Morgan fingerprint density at radius 2 is 1.70 bits per heavy atom. The van der Waals surface area contributed by atoms with Crippen LogP contribution in [0.1, 0.15) is 16.7 Å². The topological polar surface area (TPSA) is 43.6 Å². The Morgan fingerprint density at radius 3 is 2.40 bits per heavy atom. The number of aryl methyl sites for hydroxylation is 3. The van der Waals surface area contributed by atoms with E-state index in [1.165, 1.54) is 5.56 Å². The molecule has 100 valence electrons. The van der Waals surface area contributed by atoms with Gasteiger partial charge in [-0.25, -0.2) is 9.67 Å². The summed E-state index contributed by atoms with van der Waals surface area (Å²) in [4.78, 5) is 9.07. The van der Waals surface area contributed by atoms with Gasteiger partial charge in [-0.3, -0.25) is 4.98 Å². The Hall–Kier alpha value is -2.49. The van der Waals surface area contributed by atoms with E-state index < -0.39 is 0 Å². The number of rotatable bonds is 2. The van der Waals surface area contributed by atoms with Crippen molar-refractivity contribution in [2.75, 3.05) is 0 Å². The van der Waals surface area contributed by atoms with Gasteiger partial charge in [0.15, 0.2) is 5.82 Å². The van der Waals surface area contributed by atoms with Gasteiger partial charge in [-0.05, 0) is 61.7 Å². The lowest BCUT2D eigenvalue weighted by Gasteiger charge is -2.07. The number of pyridine rings is 2. The van der Waals surface area contributed by atoms with Gasteiger partial charge in [0.2, 0.25) is 0 Å². The van der Waals surface area contributed by atoms with Gasteiger partial charge in [-0.1, -0.05) is 0 Å². The largest absolute Gasteiger partial charge is 0.255 e. The molecule has 0 saturated heterocycles. The van der Waals surface area contributed by atoms with E-state index in [4.69, 9.17) is 0 Å². The lowest BCUT2D eigenvalue weighted by molar-refractivity contribution is 0.845. The number of hydrogen-bond donors (Lipinski definition) is 0. The highest BCUT2D eigenvalue weighted by Gasteiger charge is 2.07. The SMILES string of the molecule is Cc1ccnc(-c2cc(C)cc(-n3cc(C)cn3)n2)c1. The van der Waals surface area contributed by atoms with Crippen molar-refractivity contribution in [1.29, 1.82) is 0 Å². The predicted molar refractivity (Wildman–Crippen MR) is 78.8 cm³/mol. The molecule has 20 heavy (non-hydrogen) atoms. The zero-order valence-electron chi connectivity index (χ0n) is 11.8. The summed E-state index contributed by atoms with van der Waals surface area (Å²) in [6, 6.07) is 8.09. The number of nitrogens with zero attached hydrogens (tertiary/aromatic N) is 4. The van der Waals surface area contributed by atoms with Gasteiger partial charge in [0.05, 0.1) is 17.6 Å². The van der Waals surface area contributed by atoms with E-state index in [0.717, 1.165) is 28.3 Å². The van der Waals surface area contributed by atoms with Crippen molar-refractivity contribution in [3.05, 3.63) is 59.5 Å². The van der Waals surface area contributed by atoms with E-state index in [1.54, 1.807) is 4.68 Å². The summed E-state index contributed by atoms with van der Waals surface area (Å²) in [5, 5.41) is 4.31. The maximum atomic E-state index is 4.67. The fraction of sp³-hybridized carbons (Fsp3) is 0.188. The Morgan fingerprint density at radius 1 is 0.900 bits per heavy atom. The summed E-state index contributed by atoms with van der Waals surface area (Å²) >= 11 is 0. The van der Waals surface area contributed by atoms with Crippen molar-refractivity contribution < 1.29 is 0 Å². The van der Waals surface area contributed by atoms with E-state index in [9.17, 15) is 0 Å². The van der Waals surface area contributed by atoms with E-state index >= 15 is 0 Å². The summed E-state index contributed by atoms with van der Waals surface area (Å²) < 4.78 is 1.79. The van der Waals surface area contributed by atoms with Crippen LogP contribution in [0.4, 0.5) is 0 Å². The Kier molecular flexibility index (Phi) is 3.06. The summed E-state index contributed by atoms with van der Waals surface area (Å²) in [7, 11) is 0. The van der Waals surface area contributed by atoms with Gasteiger partial charge in [-0.15, -0.1) is 0 Å². The zero-order valence-corrected chi connectivity index (χ0v) is 11.8. The molecule has 0 atom stereocenters. The minimum atomic E-state index is 0.816. The van der Waals surface area contributed by atoms with Gasteiger partial charge < -0.3 is 0 Å². The van der Waals surface area contributed by atoms with Crippen LogP contribution in [-0.2, 0) is 0 Å². The van der Waals surface area contributed by atoms with Crippen LogP contribution >= 0.6 is 0 Å². The summed E-state index contributed by atoms with van der Waals surface area (Å²) in [6.07, 6.45) is 5.61. The lowest BCUT2D eigenvalue weighted by atomic mass is 10.1. The average Bonchev–Trinajstić information content (AvgIpc) is 2.85. The molecule has 0 unspecified atom stereocenters. The quantitative estimate of drug-likeness (QED) is 0.713. The molecule has 0 aromatic carbocycles. The van der Waals surface area contributed by atoms with Crippen molar-refractivity contribution in [1.82, 2.24) is 19.7 Å². The molecule has 0 saturated carbocycles. The molecule has 4 heteroatoms. The minimum Gasteiger partial charge on any atom is -0.255 e. The second-order valence-electron chi connectivity index (χ2n) is 5.07. The van der Waals surface area contributed by atoms with Crippen LogP contribution in [0.15, 0.2) is 42.9 Å². The van der Waals surface area contributed by atoms with E-state index in [0.29, 0.717) is 0 Å². The molecule has 0 radical (unpaired) electrons. The third-order valence-electron chi connectivity index (χ3n) is 3.08. The maximum absolute atomic E-state index is 4.67. The first kappa shape index (κ1) is 12.5. The van der Waals surface area contributed by atoms with Crippen LogP contribution < -0.4 is 0 Å². The van der Waals surface area contributed by atoms with Crippen LogP contribution in [0.2, 0.25) is 0 Å². The normalized spacial score (nSPS) is 10.8. The summed E-state index contributed by atoms with van der Waals surface area (Å²) in [5.41, 5.74) is 5.19. The van der Waals surface area contributed by atoms with Crippen molar-refractivity contribution in [2.24, 2.45) is 0 Å². The lowest BCUT2D eigenvalue weighted by Crippen LogP contribution is -2.00. The fourth-order valence-corrected chi connectivity index (χ4v) is 2.11. The molecule has 0 amide bonds. The smallest absolute Gasteiger partial charge is 0.154 e. The van der Waals surface area contributed by atoms with Gasteiger partial charge in [0.25, 0.3) is 0 Å². The zero-order chi connectivity index (χ0) is 14.1. The molecule has 3 aromatic rings. The van der Waals surface area contributed by atoms with Gasteiger partial charge in [0.1, 0.15) is 0 Å². The molecule has 0 spiro atoms. The third-order valence-corrected chi connectivity index (χ3v) is 3.08. The van der Waals surface area contributed by atoms with Crippen LogP contribution in [0.5, 0.6) is 0 Å². The van der Waals surface area contributed by atoms with E-state index in [1.807, 2.05) is 49.8 Å². The Balaban J connectivity index is 2.11. The van der Waals surface area contributed by atoms with Gasteiger partial charge in [0, 0.05) is 12.4 Å². The van der Waals surface area contributed by atoms with Crippen LogP contribution in [-0.4, -0.2) is 19.7 Å². The summed E-state index contributed by atoms with van der Waals surface area (Å²) in [6.45, 7) is 6.13. The van der Waals surface area contributed by atoms with Gasteiger partial charge in [-0.2, -0.15) is 5.10 Å². The minimum absolute atomic E-state index is 0.816. The van der Waals surface area contributed by atoms with Crippen molar-refractivity contribution in [3.63, 3.8) is 0 Å². The second-order valence-corrected chi connectivity index (χ2v) is 5.07. The molecular weight excluding hydrogens is 248 g/mol. The highest BCUT2D eigenvalue weighted by atomic mass is 15.3. The monoisotopic (exact) mass is 264 g/mol. The first-order valence-corrected chi connectivity index (χ1v) is 6.55. The number of hydrogen-bond acceptors (Lipinski definition) is 3. The maximum Gasteiger partial charge on any atom is 0.154 e. The fourth-order valence-electron chi connectivity index (χ4n) is 2.11. The molecule has 4 nitrogen and oxygen atoms in total. The van der Waals surface area contributed by atoms with Crippen molar-refractivity contribution >= 4 is 0 Å². The molecule has 0 aliphatic carbocycles. The van der Waals surface area contributed by atoms with Crippen molar-refractivity contribution in [3.8, 4) is 17.2 Å². The molecule has 0 fully saturated rings. The third kappa shape index (κ3) is 2.45. The molecule has 0 aliphatic rings. The molecular formula is C16H16N4. The van der Waals surface area contributed by atoms with Crippen LogP contribution in [0.3, 0.4) is 0 Å². The van der Waals surface area contributed by atoms with Gasteiger partial charge >= 0.3 is 0 Å². The van der Waals surface area contributed by atoms with Crippen LogP contribution in [0.25, 0.3) is 17.2 Å². The first-order valence-electron chi connectivity index (χ1n) is 6.55. The molecule has 0 bridgehead atoms. The molecule has 0 N–H and O–H groups in total. The van der Waals surface area contributed by atoms with E-state index in [-0.39, 0.29) is 0 Å². The molecule has 3 rings (SSSR count). The predicted octanol–water partition coefficient (Wildman–Crippen LogP) is 3.25. The van der Waals surface area contributed by atoms with Crippen molar-refractivity contribution in [2.45, 2.75) is 20.8 Å². The molecule has 0 aliphatic heterocycles. The standard InChI is InChI=1S/C16H16N4/c1-11-4-5-17-14(6-11)15-7-12(2)8-16(19-15)20-10-13(3)9-18-20/h4-10H,1-3H3. The Bertz CT molecular complexity index is 759. The average molecular weight is 264 g/mol. The first-order chi connectivity index (χ1) is 9.61.